The van der Waals surface area contributed by atoms with Crippen LogP contribution < -0.4 is 5.32 Å². The Morgan fingerprint density at radius 1 is 0.767 bits per heavy atom. The summed E-state index contributed by atoms with van der Waals surface area (Å²) in [4.78, 5) is 27.0. The minimum atomic E-state index is -0.242. The average Bonchev–Trinajstić information content (AvgIpc) is 3.38. The monoisotopic (exact) mass is 411 g/mol. The fraction of sp³-hybridized carbons (Fsp3) is 0.0400. The van der Waals surface area contributed by atoms with Gasteiger partial charge in [-0.15, -0.1) is 11.3 Å². The summed E-state index contributed by atoms with van der Waals surface area (Å²) in [6, 6.07) is 20.6. The third-order valence-electron chi connectivity index (χ3n) is 5.11. The van der Waals surface area contributed by atoms with Crippen LogP contribution in [0.15, 0.2) is 90.0 Å². The molecule has 0 radical (unpaired) electrons. The highest BCUT2D eigenvalue weighted by atomic mass is 32.1. The molecule has 4 nitrogen and oxygen atoms in total. The number of carbonyl (C=O) groups is 2. The molecule has 0 amide bonds. The topological polar surface area (TPSA) is 55.4 Å². The van der Waals surface area contributed by atoms with Crippen LogP contribution in [0.1, 0.15) is 31.2 Å². The second kappa shape index (κ2) is 7.28. The maximum atomic E-state index is 13.1. The molecular weight excluding hydrogens is 394 g/mol. The highest BCUT2D eigenvalue weighted by molar-refractivity contribution is 7.17. The number of hydrogen-bond acceptors (Lipinski definition) is 5. The second-order valence-corrected chi connectivity index (χ2v) is 8.02. The third kappa shape index (κ3) is 3.00. The number of hydrogen-bond donors (Lipinski definition) is 1. The van der Waals surface area contributed by atoms with Crippen LogP contribution in [-0.4, -0.2) is 18.6 Å². The van der Waals surface area contributed by atoms with Gasteiger partial charge in [0.2, 0.25) is 0 Å². The first-order chi connectivity index (χ1) is 14.7. The van der Waals surface area contributed by atoms with Gasteiger partial charge in [-0.1, -0.05) is 54.6 Å². The molecule has 0 atom stereocenters. The van der Waals surface area contributed by atoms with E-state index in [2.05, 4.69) is 5.32 Å². The molecule has 1 N–H and O–H groups in total. The Labute approximate surface area is 177 Å². The molecule has 30 heavy (non-hydrogen) atoms. The molecule has 3 aromatic rings. The summed E-state index contributed by atoms with van der Waals surface area (Å²) < 4.78 is 6.20. The number of allylic oxidation sites excluding steroid dienone is 4. The SMILES string of the molecule is CNc1ccc(C2=CC(=C3C(=O)c4ccccc4C3=O)C=C(c3ccccc3)O2)s1. The van der Waals surface area contributed by atoms with Crippen LogP contribution in [0.4, 0.5) is 5.00 Å². The molecule has 5 rings (SSSR count). The molecule has 2 aliphatic rings. The normalized spacial score (nSPS) is 15.5. The quantitative estimate of drug-likeness (QED) is 0.452. The smallest absolute Gasteiger partial charge is 0.198 e. The zero-order valence-corrected chi connectivity index (χ0v) is 17.0. The van der Waals surface area contributed by atoms with E-state index in [0.717, 1.165) is 15.4 Å². The van der Waals surface area contributed by atoms with E-state index in [0.29, 0.717) is 28.2 Å². The number of nitrogens with one attached hydrogen (secondary N) is 1. The van der Waals surface area contributed by atoms with Crippen LogP contribution in [0.25, 0.3) is 11.5 Å². The molecule has 0 saturated carbocycles. The molecule has 1 aromatic heterocycles. The molecule has 2 aromatic carbocycles. The molecule has 1 aliphatic carbocycles. The van der Waals surface area contributed by atoms with Crippen LogP contribution in [0.3, 0.4) is 0 Å². The van der Waals surface area contributed by atoms with Gasteiger partial charge in [0.25, 0.3) is 0 Å². The van der Waals surface area contributed by atoms with E-state index in [4.69, 9.17) is 4.74 Å². The summed E-state index contributed by atoms with van der Waals surface area (Å²) in [6.45, 7) is 0. The van der Waals surface area contributed by atoms with Crippen LogP contribution in [0.5, 0.6) is 0 Å². The molecule has 2 heterocycles. The van der Waals surface area contributed by atoms with Gasteiger partial charge in [0.05, 0.1) is 15.5 Å². The van der Waals surface area contributed by atoms with E-state index in [9.17, 15) is 9.59 Å². The lowest BCUT2D eigenvalue weighted by atomic mass is 9.99. The average molecular weight is 411 g/mol. The lowest BCUT2D eigenvalue weighted by Gasteiger charge is -2.18. The van der Waals surface area contributed by atoms with Crippen molar-refractivity contribution in [3.8, 4) is 0 Å². The molecule has 5 heteroatoms. The first-order valence-electron chi connectivity index (χ1n) is 9.53. The lowest BCUT2D eigenvalue weighted by Crippen LogP contribution is -2.07. The summed E-state index contributed by atoms with van der Waals surface area (Å²) >= 11 is 1.55. The molecule has 0 fully saturated rings. The predicted molar refractivity (Wildman–Crippen MR) is 119 cm³/mol. The molecule has 0 spiro atoms. The van der Waals surface area contributed by atoms with Gasteiger partial charge in [0.1, 0.15) is 11.5 Å². The van der Waals surface area contributed by atoms with Crippen LogP contribution in [0.2, 0.25) is 0 Å². The van der Waals surface area contributed by atoms with Crippen molar-refractivity contribution < 1.29 is 14.3 Å². The number of Topliss-reactive ketones (excluding diaryl/α,β-unsaturated/α-hetero) is 2. The maximum absolute atomic E-state index is 13.1. The van der Waals surface area contributed by atoms with Gasteiger partial charge in [-0.05, 0) is 29.9 Å². The Bertz CT molecular complexity index is 1240. The lowest BCUT2D eigenvalue weighted by molar-refractivity contribution is 0.0988. The van der Waals surface area contributed by atoms with Crippen LogP contribution >= 0.6 is 11.3 Å². The number of fused-ring (bicyclic) bond motifs is 1. The van der Waals surface area contributed by atoms with Crippen molar-refractivity contribution in [3.63, 3.8) is 0 Å². The number of rotatable bonds is 3. The van der Waals surface area contributed by atoms with E-state index in [-0.39, 0.29) is 17.1 Å². The van der Waals surface area contributed by atoms with Crippen molar-refractivity contribution in [2.45, 2.75) is 0 Å². The minimum absolute atomic E-state index is 0.191. The number of carbonyl (C=O) groups excluding carboxylic acids is 2. The van der Waals surface area contributed by atoms with E-state index in [1.54, 1.807) is 47.8 Å². The summed E-state index contributed by atoms with van der Waals surface area (Å²) in [6.07, 6.45) is 3.57. The zero-order chi connectivity index (χ0) is 20.7. The van der Waals surface area contributed by atoms with E-state index < -0.39 is 0 Å². The first kappa shape index (κ1) is 18.3. The van der Waals surface area contributed by atoms with E-state index >= 15 is 0 Å². The molecule has 1 aliphatic heterocycles. The number of anilines is 1. The summed E-state index contributed by atoms with van der Waals surface area (Å²) in [7, 11) is 1.86. The Hall–Kier alpha value is -3.70. The van der Waals surface area contributed by atoms with Crippen molar-refractivity contribution in [2.24, 2.45) is 0 Å². The Kier molecular flexibility index (Phi) is 4.45. The Morgan fingerprint density at radius 3 is 2.03 bits per heavy atom. The van der Waals surface area contributed by atoms with Gasteiger partial charge in [0, 0.05) is 23.7 Å². The van der Waals surface area contributed by atoms with Gasteiger partial charge in [-0.25, -0.2) is 0 Å². The number of ether oxygens (including phenoxy) is 1. The van der Waals surface area contributed by atoms with Crippen LogP contribution in [-0.2, 0) is 4.74 Å². The van der Waals surface area contributed by atoms with Crippen molar-refractivity contribution in [3.05, 3.63) is 112 Å². The zero-order valence-electron chi connectivity index (χ0n) is 16.1. The predicted octanol–water partition coefficient (Wildman–Crippen LogP) is 5.58. The Morgan fingerprint density at radius 2 is 1.40 bits per heavy atom. The number of ketones is 2. The van der Waals surface area contributed by atoms with Crippen molar-refractivity contribution in [2.75, 3.05) is 12.4 Å². The summed E-state index contributed by atoms with van der Waals surface area (Å²) in [5.41, 5.74) is 2.54. The summed E-state index contributed by atoms with van der Waals surface area (Å²) in [5, 5.41) is 4.12. The molecule has 0 unspecified atom stereocenters. The number of thiophene rings is 1. The van der Waals surface area contributed by atoms with Crippen LogP contribution in [0, 0.1) is 0 Å². The van der Waals surface area contributed by atoms with E-state index in [1.165, 1.54) is 0 Å². The third-order valence-corrected chi connectivity index (χ3v) is 6.22. The fourth-order valence-corrected chi connectivity index (χ4v) is 4.44. The van der Waals surface area contributed by atoms with Gasteiger partial charge in [-0.2, -0.15) is 0 Å². The van der Waals surface area contributed by atoms with Gasteiger partial charge in [-0.3, -0.25) is 9.59 Å². The Balaban J connectivity index is 1.69. The van der Waals surface area contributed by atoms with Gasteiger partial charge < -0.3 is 10.1 Å². The molecule has 146 valence electrons. The molecule has 0 bridgehead atoms. The van der Waals surface area contributed by atoms with E-state index in [1.807, 2.05) is 49.5 Å². The second-order valence-electron chi connectivity index (χ2n) is 6.93. The first-order valence-corrected chi connectivity index (χ1v) is 10.3. The largest absolute Gasteiger partial charge is 0.455 e. The van der Waals surface area contributed by atoms with Crippen molar-refractivity contribution >= 4 is 39.4 Å². The summed E-state index contributed by atoms with van der Waals surface area (Å²) in [5.74, 6) is 0.733. The fourth-order valence-electron chi connectivity index (χ4n) is 3.63. The van der Waals surface area contributed by atoms with Crippen molar-refractivity contribution in [1.82, 2.24) is 0 Å². The highest BCUT2D eigenvalue weighted by Crippen LogP contribution is 2.39. The van der Waals surface area contributed by atoms with Gasteiger partial charge in [0.15, 0.2) is 11.6 Å². The molecule has 0 saturated heterocycles. The van der Waals surface area contributed by atoms with Gasteiger partial charge >= 0.3 is 0 Å². The standard InChI is InChI=1S/C25H17NO3S/c1-26-22-12-11-21(30-22)20-14-16(13-19(29-20)15-7-3-2-4-8-15)23-24(27)17-9-5-6-10-18(17)25(23)28/h2-14,26H,1H3. The molecular formula is C25H17NO3S. The maximum Gasteiger partial charge on any atom is 0.198 e. The van der Waals surface area contributed by atoms with Crippen molar-refractivity contribution in [1.29, 1.82) is 0 Å². The highest BCUT2D eigenvalue weighted by Gasteiger charge is 2.35. The number of benzene rings is 2. The minimum Gasteiger partial charge on any atom is -0.455 e.